The molecule has 0 atom stereocenters. The highest BCUT2D eigenvalue weighted by Gasteiger charge is 2.34. The SMILES string of the molecule is Cn1c(-c2ccc(C(F)(F)F)cc2)nc2c1cc(C=C1C(=O)c3cc4ccccc4cc3C1=O)n2-c1ccccc1. The molecule has 2 aromatic heterocycles. The summed E-state index contributed by atoms with van der Waals surface area (Å²) in [6, 6.07) is 27.2. The lowest BCUT2D eigenvalue weighted by Gasteiger charge is -2.09. The molecule has 7 rings (SSSR count). The van der Waals surface area contributed by atoms with E-state index in [4.69, 9.17) is 4.98 Å². The van der Waals surface area contributed by atoms with Gasteiger partial charge in [0.25, 0.3) is 0 Å². The Bertz CT molecular complexity index is 2010. The van der Waals surface area contributed by atoms with Crippen LogP contribution in [0.3, 0.4) is 0 Å². The largest absolute Gasteiger partial charge is 0.416 e. The van der Waals surface area contributed by atoms with Crippen molar-refractivity contribution >= 4 is 39.6 Å². The fourth-order valence-corrected chi connectivity index (χ4v) is 5.46. The second kappa shape index (κ2) is 8.89. The number of carbonyl (C=O) groups is 2. The van der Waals surface area contributed by atoms with Crippen molar-refractivity contribution in [3.05, 3.63) is 125 Å². The smallest absolute Gasteiger partial charge is 0.326 e. The molecule has 0 bridgehead atoms. The molecule has 0 fully saturated rings. The minimum absolute atomic E-state index is 0.0678. The maximum Gasteiger partial charge on any atom is 0.416 e. The summed E-state index contributed by atoms with van der Waals surface area (Å²) in [6.45, 7) is 0. The Balaban J connectivity index is 1.38. The zero-order valence-electron chi connectivity index (χ0n) is 21.6. The fourth-order valence-electron chi connectivity index (χ4n) is 5.46. The summed E-state index contributed by atoms with van der Waals surface area (Å²) in [6.07, 6.45) is -2.83. The van der Waals surface area contributed by atoms with Crippen LogP contribution < -0.4 is 0 Å². The average Bonchev–Trinajstić information content (AvgIpc) is 3.57. The summed E-state index contributed by atoms with van der Waals surface area (Å²) in [7, 11) is 1.78. The van der Waals surface area contributed by atoms with E-state index >= 15 is 0 Å². The molecular weight excluding hydrogens is 527 g/mol. The number of aryl methyl sites for hydroxylation is 1. The molecule has 0 radical (unpaired) electrons. The van der Waals surface area contributed by atoms with Gasteiger partial charge in [-0.1, -0.05) is 54.6 Å². The number of benzene rings is 4. The Hall–Kier alpha value is -5.24. The number of para-hydroxylation sites is 1. The molecule has 0 spiro atoms. The molecule has 41 heavy (non-hydrogen) atoms. The van der Waals surface area contributed by atoms with Gasteiger partial charge in [-0.2, -0.15) is 13.2 Å². The van der Waals surface area contributed by atoms with E-state index in [2.05, 4.69) is 0 Å². The van der Waals surface area contributed by atoms with Crippen LogP contribution in [0, 0.1) is 0 Å². The Morgan fingerprint density at radius 1 is 0.756 bits per heavy atom. The minimum Gasteiger partial charge on any atom is -0.326 e. The van der Waals surface area contributed by atoms with E-state index in [-0.39, 0.29) is 17.1 Å². The molecule has 0 aliphatic heterocycles. The zero-order chi connectivity index (χ0) is 28.5. The molecule has 4 aromatic carbocycles. The van der Waals surface area contributed by atoms with Crippen LogP contribution in [0.25, 0.3) is 45.1 Å². The van der Waals surface area contributed by atoms with Crippen LogP contribution >= 0.6 is 0 Å². The first-order valence-corrected chi connectivity index (χ1v) is 12.9. The normalized spacial score (nSPS) is 13.4. The van der Waals surface area contributed by atoms with Crippen LogP contribution in [-0.4, -0.2) is 25.7 Å². The van der Waals surface area contributed by atoms with Gasteiger partial charge in [0.05, 0.1) is 22.3 Å². The third-order valence-corrected chi connectivity index (χ3v) is 7.52. The molecule has 0 saturated carbocycles. The number of halogens is 3. The van der Waals surface area contributed by atoms with Gasteiger partial charge in [-0.3, -0.25) is 14.2 Å². The van der Waals surface area contributed by atoms with Gasteiger partial charge in [0.2, 0.25) is 0 Å². The van der Waals surface area contributed by atoms with Gasteiger partial charge in [0.1, 0.15) is 5.82 Å². The molecule has 2 heterocycles. The number of ketones is 2. The van der Waals surface area contributed by atoms with Crippen molar-refractivity contribution < 1.29 is 22.8 Å². The second-order valence-electron chi connectivity index (χ2n) is 9.98. The zero-order valence-corrected chi connectivity index (χ0v) is 21.6. The van der Waals surface area contributed by atoms with Crippen LogP contribution in [0.1, 0.15) is 32.0 Å². The van der Waals surface area contributed by atoms with E-state index in [1.54, 1.807) is 29.8 Å². The predicted molar refractivity (Wildman–Crippen MR) is 151 cm³/mol. The van der Waals surface area contributed by atoms with Crippen molar-refractivity contribution in [1.82, 2.24) is 14.1 Å². The highest BCUT2D eigenvalue weighted by molar-refractivity contribution is 6.42. The molecule has 0 unspecified atom stereocenters. The first-order valence-electron chi connectivity index (χ1n) is 12.9. The van der Waals surface area contributed by atoms with Crippen LogP contribution in [0.4, 0.5) is 13.2 Å². The third kappa shape index (κ3) is 3.90. The van der Waals surface area contributed by atoms with E-state index in [1.807, 2.05) is 65.2 Å². The highest BCUT2D eigenvalue weighted by atomic mass is 19.4. The Morgan fingerprint density at radius 3 is 1.93 bits per heavy atom. The first-order chi connectivity index (χ1) is 19.7. The predicted octanol–water partition coefficient (Wildman–Crippen LogP) is 7.67. The van der Waals surface area contributed by atoms with Gasteiger partial charge in [-0.25, -0.2) is 4.98 Å². The monoisotopic (exact) mass is 547 g/mol. The fraction of sp³-hybridized carbons (Fsp3) is 0.0606. The minimum atomic E-state index is -4.43. The van der Waals surface area contributed by atoms with Gasteiger partial charge in [0, 0.05) is 29.4 Å². The topological polar surface area (TPSA) is 56.9 Å². The number of alkyl halides is 3. The maximum absolute atomic E-state index is 13.5. The molecule has 6 aromatic rings. The van der Waals surface area contributed by atoms with E-state index < -0.39 is 11.7 Å². The molecule has 0 N–H and O–H groups in total. The summed E-state index contributed by atoms with van der Waals surface area (Å²) in [5.74, 6) is -0.183. The van der Waals surface area contributed by atoms with Crippen LogP contribution in [-0.2, 0) is 13.2 Å². The van der Waals surface area contributed by atoms with Crippen molar-refractivity contribution in [3.8, 4) is 17.1 Å². The number of nitrogens with zero attached hydrogens (tertiary/aromatic N) is 3. The average molecular weight is 548 g/mol. The quantitative estimate of drug-likeness (QED) is 0.169. The number of imidazole rings is 1. The van der Waals surface area contributed by atoms with Gasteiger partial charge >= 0.3 is 6.18 Å². The van der Waals surface area contributed by atoms with Crippen molar-refractivity contribution in [2.45, 2.75) is 6.18 Å². The molecular formula is C33H20F3N3O2. The summed E-state index contributed by atoms with van der Waals surface area (Å²) < 4.78 is 43.0. The lowest BCUT2D eigenvalue weighted by Crippen LogP contribution is -2.04. The highest BCUT2D eigenvalue weighted by Crippen LogP contribution is 2.35. The number of aromatic nitrogens is 3. The lowest BCUT2D eigenvalue weighted by molar-refractivity contribution is -0.137. The number of rotatable bonds is 3. The Morgan fingerprint density at radius 2 is 1.34 bits per heavy atom. The van der Waals surface area contributed by atoms with Crippen LogP contribution in [0.5, 0.6) is 0 Å². The molecule has 0 saturated heterocycles. The molecule has 200 valence electrons. The Kier molecular flexibility index (Phi) is 5.37. The number of hydrogen-bond donors (Lipinski definition) is 0. The van der Waals surface area contributed by atoms with E-state index in [0.717, 1.165) is 28.6 Å². The molecule has 0 amide bonds. The van der Waals surface area contributed by atoms with Crippen molar-refractivity contribution in [2.24, 2.45) is 7.05 Å². The standard InChI is InChI=1S/C33H20F3N3O2/c1-38-28-18-24(17-27-29(40)25-15-20-7-5-6-8-21(20)16-26(25)30(27)41)39(23-9-3-2-4-10-23)32(28)37-31(38)19-11-13-22(14-12-19)33(34,35)36/h2-18H,1H3. The number of fused-ring (bicyclic) bond motifs is 3. The molecule has 8 heteroatoms. The summed E-state index contributed by atoms with van der Waals surface area (Å²) >= 11 is 0. The number of Topliss-reactive ketones (excluding diaryl/α,β-unsaturated/α-hetero) is 2. The van der Waals surface area contributed by atoms with Crippen molar-refractivity contribution in [1.29, 1.82) is 0 Å². The molecule has 5 nitrogen and oxygen atoms in total. The maximum atomic E-state index is 13.5. The summed E-state index contributed by atoms with van der Waals surface area (Å²) in [5.41, 5.74) is 3.19. The molecule has 1 aliphatic rings. The van der Waals surface area contributed by atoms with Crippen molar-refractivity contribution in [2.75, 3.05) is 0 Å². The third-order valence-electron chi connectivity index (χ3n) is 7.52. The van der Waals surface area contributed by atoms with Crippen LogP contribution in [0.2, 0.25) is 0 Å². The van der Waals surface area contributed by atoms with Crippen molar-refractivity contribution in [3.63, 3.8) is 0 Å². The first kappa shape index (κ1) is 24.8. The number of carbonyl (C=O) groups excluding carboxylic acids is 2. The van der Waals surface area contributed by atoms with Gasteiger partial charge in [-0.05, 0) is 59.3 Å². The summed E-state index contributed by atoms with van der Waals surface area (Å²) in [5, 5.41) is 1.76. The Labute approximate surface area is 231 Å². The number of allylic oxidation sites excluding steroid dienone is 1. The van der Waals surface area contributed by atoms with E-state index in [1.165, 1.54) is 12.1 Å². The number of hydrogen-bond acceptors (Lipinski definition) is 3. The molecule has 1 aliphatic carbocycles. The van der Waals surface area contributed by atoms with Crippen LogP contribution in [0.15, 0.2) is 103 Å². The van der Waals surface area contributed by atoms with Gasteiger partial charge in [-0.15, -0.1) is 0 Å². The van der Waals surface area contributed by atoms with E-state index in [9.17, 15) is 22.8 Å². The lowest BCUT2D eigenvalue weighted by atomic mass is 10.0. The van der Waals surface area contributed by atoms with Gasteiger partial charge in [0.15, 0.2) is 17.2 Å². The van der Waals surface area contributed by atoms with E-state index in [0.29, 0.717) is 39.4 Å². The summed E-state index contributed by atoms with van der Waals surface area (Å²) in [4.78, 5) is 31.7. The van der Waals surface area contributed by atoms with Gasteiger partial charge < -0.3 is 4.57 Å². The second-order valence-corrected chi connectivity index (χ2v) is 9.98.